The molecule has 2 fully saturated rings. The van der Waals surface area contributed by atoms with Crippen molar-refractivity contribution in [3.05, 3.63) is 52.0 Å². The summed E-state index contributed by atoms with van der Waals surface area (Å²) in [7, 11) is 0. The lowest BCUT2D eigenvalue weighted by Gasteiger charge is -2.41. The van der Waals surface area contributed by atoms with Crippen molar-refractivity contribution in [2.45, 2.75) is 77.8 Å². The van der Waals surface area contributed by atoms with Gasteiger partial charge >= 0.3 is 0 Å². The molecule has 0 aliphatic carbocycles. The molecule has 0 radical (unpaired) electrons. The van der Waals surface area contributed by atoms with Gasteiger partial charge < -0.3 is 14.8 Å². The average Bonchev–Trinajstić information content (AvgIpc) is 3.60. The molecule has 2 saturated heterocycles. The topological polar surface area (TPSA) is 70.5 Å². The highest BCUT2D eigenvalue weighted by molar-refractivity contribution is 7.09. The molecule has 8 heteroatoms. The molecule has 1 unspecified atom stereocenters. The minimum Gasteiger partial charge on any atom is -0.343 e. The largest absolute Gasteiger partial charge is 0.343 e. The number of likely N-dealkylation sites (tertiary alicyclic amines) is 2. The first-order valence-electron chi connectivity index (χ1n) is 14.8. The zero-order chi connectivity index (χ0) is 27.4. The number of fused-ring (bicyclic) bond motifs is 1. The molecule has 0 spiro atoms. The van der Waals surface area contributed by atoms with Crippen LogP contribution >= 0.6 is 11.3 Å². The van der Waals surface area contributed by atoms with Crippen molar-refractivity contribution in [1.82, 2.24) is 24.7 Å². The SMILES string of the molecule is CCC(CC)n1c(Cc2cccs2)nc2cc(C(=O)NCC(=O)N3CCC(N4CCCC(C)C4)CC3)ccc21. The van der Waals surface area contributed by atoms with Crippen LogP contribution in [0.1, 0.15) is 86.4 Å². The second-order valence-electron chi connectivity index (χ2n) is 11.4. The lowest BCUT2D eigenvalue weighted by molar-refractivity contribution is -0.131. The van der Waals surface area contributed by atoms with Crippen LogP contribution < -0.4 is 5.32 Å². The number of rotatable bonds is 9. The van der Waals surface area contributed by atoms with E-state index in [4.69, 9.17) is 4.98 Å². The van der Waals surface area contributed by atoms with Crippen molar-refractivity contribution in [2.24, 2.45) is 5.92 Å². The normalized spacial score (nSPS) is 19.2. The average molecular weight is 550 g/mol. The number of benzene rings is 1. The summed E-state index contributed by atoms with van der Waals surface area (Å²) in [5, 5.41) is 4.97. The first kappa shape index (κ1) is 27.8. The highest BCUT2D eigenvalue weighted by Gasteiger charge is 2.29. The summed E-state index contributed by atoms with van der Waals surface area (Å²) < 4.78 is 2.36. The third-order valence-electron chi connectivity index (χ3n) is 8.67. The number of hydrogen-bond donors (Lipinski definition) is 1. The lowest BCUT2D eigenvalue weighted by atomic mass is 9.95. The summed E-state index contributed by atoms with van der Waals surface area (Å²) in [5.74, 6) is 1.59. The Morgan fingerprint density at radius 1 is 1.10 bits per heavy atom. The fraction of sp³-hybridized carbons (Fsp3) is 0.581. The van der Waals surface area contributed by atoms with Gasteiger partial charge in [0.2, 0.25) is 5.91 Å². The van der Waals surface area contributed by atoms with Crippen LogP contribution in [-0.2, 0) is 11.2 Å². The quantitative estimate of drug-likeness (QED) is 0.383. The van der Waals surface area contributed by atoms with Gasteiger partial charge in [-0.2, -0.15) is 0 Å². The van der Waals surface area contributed by atoms with E-state index in [1.165, 1.54) is 30.8 Å². The van der Waals surface area contributed by atoms with Gasteiger partial charge in [-0.05, 0) is 80.6 Å². The van der Waals surface area contributed by atoms with E-state index in [2.05, 4.69) is 53.1 Å². The van der Waals surface area contributed by atoms with Crippen molar-refractivity contribution >= 4 is 34.2 Å². The van der Waals surface area contributed by atoms with E-state index in [1.807, 2.05) is 23.1 Å². The van der Waals surface area contributed by atoms with E-state index in [1.54, 1.807) is 11.3 Å². The maximum Gasteiger partial charge on any atom is 0.251 e. The Labute approximate surface area is 236 Å². The van der Waals surface area contributed by atoms with Gasteiger partial charge in [-0.3, -0.25) is 14.5 Å². The third kappa shape index (κ3) is 6.38. The number of nitrogens with zero attached hydrogens (tertiary/aromatic N) is 4. The van der Waals surface area contributed by atoms with Gasteiger partial charge in [0.15, 0.2) is 0 Å². The van der Waals surface area contributed by atoms with Gasteiger partial charge in [0.05, 0.1) is 17.6 Å². The Balaban J connectivity index is 1.21. The predicted molar refractivity (Wildman–Crippen MR) is 158 cm³/mol. The van der Waals surface area contributed by atoms with Gasteiger partial charge in [0, 0.05) is 48.6 Å². The zero-order valence-electron chi connectivity index (χ0n) is 23.7. The number of amides is 2. The first-order chi connectivity index (χ1) is 19.0. The molecule has 1 N–H and O–H groups in total. The molecule has 7 nitrogen and oxygen atoms in total. The molecule has 2 aromatic heterocycles. The van der Waals surface area contributed by atoms with Crippen LogP contribution in [0, 0.1) is 5.92 Å². The Morgan fingerprint density at radius 2 is 1.90 bits per heavy atom. The molecule has 5 rings (SSSR count). The van der Waals surface area contributed by atoms with Crippen molar-refractivity contribution in [3.8, 4) is 0 Å². The fourth-order valence-corrected chi connectivity index (χ4v) is 7.15. The predicted octanol–water partition coefficient (Wildman–Crippen LogP) is 5.50. The third-order valence-corrected chi connectivity index (χ3v) is 9.54. The summed E-state index contributed by atoms with van der Waals surface area (Å²) in [5.41, 5.74) is 2.44. The number of nitrogens with one attached hydrogen (secondary N) is 1. The van der Waals surface area contributed by atoms with Crippen molar-refractivity contribution in [1.29, 1.82) is 0 Å². The van der Waals surface area contributed by atoms with Crippen molar-refractivity contribution in [3.63, 3.8) is 0 Å². The molecule has 1 atom stereocenters. The maximum absolute atomic E-state index is 13.0. The van der Waals surface area contributed by atoms with E-state index in [0.29, 0.717) is 17.6 Å². The van der Waals surface area contributed by atoms with E-state index in [0.717, 1.165) is 68.0 Å². The van der Waals surface area contributed by atoms with Gasteiger partial charge in [0.1, 0.15) is 5.82 Å². The molecule has 210 valence electrons. The number of carbonyl (C=O) groups is 2. The molecule has 2 aliphatic rings. The number of imidazole rings is 1. The highest BCUT2D eigenvalue weighted by Crippen LogP contribution is 2.29. The molecule has 2 aliphatic heterocycles. The monoisotopic (exact) mass is 549 g/mol. The Kier molecular flexibility index (Phi) is 9.03. The standard InChI is InChI=1S/C31H43N5O2S/c1-4-24(5-2)36-28-11-10-23(18-27(28)33-29(36)19-26-9-7-17-39-26)31(38)32-20-30(37)34-15-12-25(13-16-34)35-14-6-8-22(3)21-35/h7,9-11,17-18,22,24-25H,4-6,8,12-16,19-21H2,1-3H3,(H,32,38). The van der Waals surface area contributed by atoms with E-state index in [-0.39, 0.29) is 18.4 Å². The van der Waals surface area contributed by atoms with Crippen molar-refractivity contribution in [2.75, 3.05) is 32.7 Å². The van der Waals surface area contributed by atoms with Crippen LogP contribution in [0.3, 0.4) is 0 Å². The number of carbonyl (C=O) groups excluding carboxylic acids is 2. The summed E-state index contributed by atoms with van der Waals surface area (Å²) in [4.78, 5) is 36.7. The van der Waals surface area contributed by atoms with E-state index < -0.39 is 0 Å². The number of aromatic nitrogens is 2. The summed E-state index contributed by atoms with van der Waals surface area (Å²) in [6.07, 6.45) is 7.50. The molecule has 4 heterocycles. The number of hydrogen-bond acceptors (Lipinski definition) is 5. The summed E-state index contributed by atoms with van der Waals surface area (Å²) in [6.45, 7) is 10.7. The first-order valence-corrected chi connectivity index (χ1v) is 15.7. The second-order valence-corrected chi connectivity index (χ2v) is 12.4. The number of piperidine rings is 2. The van der Waals surface area contributed by atoms with E-state index in [9.17, 15) is 9.59 Å². The van der Waals surface area contributed by atoms with Crippen LogP contribution in [0.15, 0.2) is 35.7 Å². The minimum atomic E-state index is -0.223. The fourth-order valence-electron chi connectivity index (χ4n) is 6.45. The molecule has 1 aromatic carbocycles. The maximum atomic E-state index is 13.0. The molecule has 0 bridgehead atoms. The summed E-state index contributed by atoms with van der Waals surface area (Å²) >= 11 is 1.74. The van der Waals surface area contributed by atoms with E-state index >= 15 is 0 Å². The van der Waals surface area contributed by atoms with Crippen LogP contribution in [0.25, 0.3) is 11.0 Å². The smallest absolute Gasteiger partial charge is 0.251 e. The van der Waals surface area contributed by atoms with Crippen LogP contribution in [0.4, 0.5) is 0 Å². The Hall–Kier alpha value is -2.71. The van der Waals surface area contributed by atoms with Crippen molar-refractivity contribution < 1.29 is 9.59 Å². The van der Waals surface area contributed by atoms with Gasteiger partial charge in [-0.25, -0.2) is 4.98 Å². The molecular weight excluding hydrogens is 506 g/mol. The zero-order valence-corrected chi connectivity index (χ0v) is 24.5. The molecule has 39 heavy (non-hydrogen) atoms. The van der Waals surface area contributed by atoms with Gasteiger partial charge in [-0.1, -0.05) is 26.8 Å². The number of thiophene rings is 1. The Bertz CT molecular complexity index is 1260. The second kappa shape index (κ2) is 12.6. The van der Waals surface area contributed by atoms with Crippen LogP contribution in [0.2, 0.25) is 0 Å². The molecule has 3 aromatic rings. The molecule has 2 amide bonds. The van der Waals surface area contributed by atoms with Crippen LogP contribution in [0.5, 0.6) is 0 Å². The molecular formula is C31H43N5O2S. The Morgan fingerprint density at radius 3 is 2.59 bits per heavy atom. The lowest BCUT2D eigenvalue weighted by Crippen LogP contribution is -2.50. The summed E-state index contributed by atoms with van der Waals surface area (Å²) in [6, 6.07) is 10.9. The van der Waals surface area contributed by atoms with Crippen LogP contribution in [-0.4, -0.2) is 69.9 Å². The van der Waals surface area contributed by atoms with Gasteiger partial charge in [-0.15, -0.1) is 11.3 Å². The highest BCUT2D eigenvalue weighted by atomic mass is 32.1. The molecule has 0 saturated carbocycles. The van der Waals surface area contributed by atoms with Gasteiger partial charge in [0.25, 0.3) is 5.91 Å². The minimum absolute atomic E-state index is 0.00568.